The average molecular weight is 205 g/mol. The van der Waals surface area contributed by atoms with Gasteiger partial charge < -0.3 is 0 Å². The van der Waals surface area contributed by atoms with E-state index in [1.807, 2.05) is 18.1 Å². The van der Waals surface area contributed by atoms with Gasteiger partial charge in [0, 0.05) is 13.0 Å². The molecule has 15 heavy (non-hydrogen) atoms. The van der Waals surface area contributed by atoms with Crippen molar-refractivity contribution < 1.29 is 0 Å². The Kier molecular flexibility index (Phi) is 1.91. The molecule has 0 N–H and O–H groups in total. The molecule has 1 aromatic rings. The predicted molar refractivity (Wildman–Crippen MR) is 58.3 cm³/mol. The van der Waals surface area contributed by atoms with Crippen molar-refractivity contribution in [3.63, 3.8) is 0 Å². The van der Waals surface area contributed by atoms with Crippen LogP contribution in [-0.4, -0.2) is 14.8 Å². The molecular formula is C12H19N3. The number of nitrogens with zero attached hydrogens (tertiary/aromatic N) is 3. The quantitative estimate of drug-likeness (QED) is 0.741. The highest BCUT2D eigenvalue weighted by Crippen LogP contribution is 2.65. The Morgan fingerprint density at radius 3 is 2.47 bits per heavy atom. The second kappa shape index (κ2) is 3.06. The predicted octanol–water partition coefficient (Wildman–Crippen LogP) is 2.21. The van der Waals surface area contributed by atoms with Crippen molar-refractivity contribution in [3.05, 3.63) is 12.2 Å². The van der Waals surface area contributed by atoms with Crippen LogP contribution in [0.2, 0.25) is 0 Å². The van der Waals surface area contributed by atoms with Crippen molar-refractivity contribution in [2.75, 3.05) is 0 Å². The molecule has 0 amide bonds. The van der Waals surface area contributed by atoms with E-state index in [2.05, 4.69) is 23.9 Å². The largest absolute Gasteiger partial charge is 0.256 e. The van der Waals surface area contributed by atoms with Gasteiger partial charge in [-0.05, 0) is 36.5 Å². The summed E-state index contributed by atoms with van der Waals surface area (Å²) in [4.78, 5) is 4.38. The van der Waals surface area contributed by atoms with Crippen LogP contribution in [0.5, 0.6) is 0 Å². The Hall–Kier alpha value is -0.860. The van der Waals surface area contributed by atoms with Crippen LogP contribution in [0.1, 0.15) is 38.4 Å². The summed E-state index contributed by atoms with van der Waals surface area (Å²) in [5.41, 5.74) is 0. The smallest absolute Gasteiger partial charge is 0.154 e. The van der Waals surface area contributed by atoms with Crippen molar-refractivity contribution in [2.45, 2.75) is 32.6 Å². The maximum absolute atomic E-state index is 4.43. The highest BCUT2D eigenvalue weighted by atomic mass is 15.3. The second-order valence-electron chi connectivity index (χ2n) is 5.61. The standard InChI is InChI=1S/C12H19N3/c1-7(2)8-4-9-10(5-8)11(9)12-13-6-15(3)14-12/h6-11H,4-5H2,1-3H3/t8-,9-,10?,11-/m1/s1. The maximum Gasteiger partial charge on any atom is 0.154 e. The van der Waals surface area contributed by atoms with Gasteiger partial charge in [0.25, 0.3) is 0 Å². The Balaban J connectivity index is 1.68. The lowest BCUT2D eigenvalue weighted by Gasteiger charge is -2.16. The van der Waals surface area contributed by atoms with Gasteiger partial charge in [0.2, 0.25) is 0 Å². The summed E-state index contributed by atoms with van der Waals surface area (Å²) >= 11 is 0. The molecular weight excluding hydrogens is 186 g/mol. The van der Waals surface area contributed by atoms with E-state index in [0.717, 1.165) is 29.5 Å². The summed E-state index contributed by atoms with van der Waals surface area (Å²) in [5.74, 6) is 5.41. The van der Waals surface area contributed by atoms with E-state index < -0.39 is 0 Å². The first-order chi connectivity index (χ1) is 7.16. The molecule has 0 aliphatic heterocycles. The van der Waals surface area contributed by atoms with E-state index in [-0.39, 0.29) is 0 Å². The molecule has 3 rings (SSSR count). The topological polar surface area (TPSA) is 30.7 Å². The summed E-state index contributed by atoms with van der Waals surface area (Å²) in [7, 11) is 1.95. The van der Waals surface area contributed by atoms with Crippen LogP contribution in [0.4, 0.5) is 0 Å². The molecule has 0 aromatic carbocycles. The molecule has 3 nitrogen and oxygen atoms in total. The first kappa shape index (κ1) is 9.37. The van der Waals surface area contributed by atoms with Gasteiger partial charge in [-0.1, -0.05) is 13.8 Å². The Morgan fingerprint density at radius 2 is 2.00 bits per heavy atom. The molecule has 2 fully saturated rings. The molecule has 2 aliphatic carbocycles. The van der Waals surface area contributed by atoms with Gasteiger partial charge in [0.1, 0.15) is 6.33 Å². The molecule has 1 aromatic heterocycles. The number of aromatic nitrogens is 3. The van der Waals surface area contributed by atoms with Gasteiger partial charge >= 0.3 is 0 Å². The van der Waals surface area contributed by atoms with Crippen LogP contribution in [0.3, 0.4) is 0 Å². The van der Waals surface area contributed by atoms with Gasteiger partial charge in [-0.15, -0.1) is 0 Å². The number of aryl methyl sites for hydroxylation is 1. The van der Waals surface area contributed by atoms with Gasteiger partial charge in [-0.2, -0.15) is 5.10 Å². The van der Waals surface area contributed by atoms with E-state index in [4.69, 9.17) is 0 Å². The molecule has 0 spiro atoms. The highest BCUT2D eigenvalue weighted by Gasteiger charge is 2.58. The third-order valence-electron chi connectivity index (χ3n) is 4.34. The van der Waals surface area contributed by atoms with Gasteiger partial charge in [0.05, 0.1) is 0 Å². The average Bonchev–Trinajstić information content (AvgIpc) is 2.62. The summed E-state index contributed by atoms with van der Waals surface area (Å²) < 4.78 is 1.82. The minimum atomic E-state index is 0.696. The minimum Gasteiger partial charge on any atom is -0.256 e. The first-order valence-corrected chi connectivity index (χ1v) is 6.02. The molecule has 4 atom stereocenters. The fraction of sp³-hybridized carbons (Fsp3) is 0.833. The Labute approximate surface area is 90.9 Å². The van der Waals surface area contributed by atoms with Crippen molar-refractivity contribution in [2.24, 2.45) is 30.7 Å². The number of fused-ring (bicyclic) bond motifs is 1. The molecule has 82 valence electrons. The van der Waals surface area contributed by atoms with Crippen LogP contribution in [0, 0.1) is 23.7 Å². The zero-order valence-corrected chi connectivity index (χ0v) is 9.72. The van der Waals surface area contributed by atoms with Crippen molar-refractivity contribution in [1.82, 2.24) is 14.8 Å². The van der Waals surface area contributed by atoms with Crippen LogP contribution < -0.4 is 0 Å². The summed E-state index contributed by atoms with van der Waals surface area (Å²) in [6, 6.07) is 0. The molecule has 1 unspecified atom stereocenters. The monoisotopic (exact) mass is 205 g/mol. The third kappa shape index (κ3) is 1.40. The first-order valence-electron chi connectivity index (χ1n) is 6.02. The van der Waals surface area contributed by atoms with Crippen LogP contribution in [0.25, 0.3) is 0 Å². The Bertz CT molecular complexity index is 357. The van der Waals surface area contributed by atoms with E-state index >= 15 is 0 Å². The molecule has 2 aliphatic rings. The summed E-state index contributed by atoms with van der Waals surface area (Å²) in [6.45, 7) is 4.70. The highest BCUT2D eigenvalue weighted by molar-refractivity contribution is 5.18. The van der Waals surface area contributed by atoms with Gasteiger partial charge in [-0.25, -0.2) is 4.98 Å². The van der Waals surface area contributed by atoms with Crippen LogP contribution in [-0.2, 0) is 7.05 Å². The van der Waals surface area contributed by atoms with Crippen molar-refractivity contribution in [3.8, 4) is 0 Å². The number of hydrogen-bond donors (Lipinski definition) is 0. The fourth-order valence-corrected chi connectivity index (χ4v) is 3.32. The molecule has 3 heteroatoms. The number of hydrogen-bond acceptors (Lipinski definition) is 2. The normalized spacial score (nSPS) is 38.4. The van der Waals surface area contributed by atoms with Gasteiger partial charge in [0.15, 0.2) is 5.82 Å². The second-order valence-corrected chi connectivity index (χ2v) is 5.61. The summed E-state index contributed by atoms with van der Waals surface area (Å²) in [6.07, 6.45) is 4.64. The molecule has 0 radical (unpaired) electrons. The minimum absolute atomic E-state index is 0.696. The van der Waals surface area contributed by atoms with Gasteiger partial charge in [-0.3, -0.25) is 4.68 Å². The molecule has 0 bridgehead atoms. The lowest BCUT2D eigenvalue weighted by molar-refractivity contribution is 0.351. The van der Waals surface area contributed by atoms with Crippen LogP contribution in [0.15, 0.2) is 6.33 Å². The van der Waals surface area contributed by atoms with Crippen molar-refractivity contribution >= 4 is 0 Å². The molecule has 2 saturated carbocycles. The van der Waals surface area contributed by atoms with E-state index in [1.165, 1.54) is 12.8 Å². The van der Waals surface area contributed by atoms with Crippen molar-refractivity contribution in [1.29, 1.82) is 0 Å². The van der Waals surface area contributed by atoms with E-state index in [9.17, 15) is 0 Å². The third-order valence-corrected chi connectivity index (χ3v) is 4.34. The zero-order chi connectivity index (χ0) is 10.6. The zero-order valence-electron chi connectivity index (χ0n) is 9.72. The maximum atomic E-state index is 4.43. The molecule has 1 heterocycles. The summed E-state index contributed by atoms with van der Waals surface area (Å²) in [5, 5.41) is 4.43. The lowest BCUT2D eigenvalue weighted by atomic mass is 9.89. The van der Waals surface area contributed by atoms with E-state index in [1.54, 1.807) is 0 Å². The van der Waals surface area contributed by atoms with E-state index in [0.29, 0.717) is 5.92 Å². The number of rotatable bonds is 2. The lowest BCUT2D eigenvalue weighted by Crippen LogP contribution is -2.08. The Morgan fingerprint density at radius 1 is 1.33 bits per heavy atom. The fourth-order valence-electron chi connectivity index (χ4n) is 3.32. The SMILES string of the molecule is CC(C)[C@H]1CC2[C@@H](C1)[C@H]2c1ncn(C)n1. The molecule has 0 saturated heterocycles. The van der Waals surface area contributed by atoms with Crippen LogP contribution >= 0.6 is 0 Å².